The second kappa shape index (κ2) is 10.4. The highest BCUT2D eigenvalue weighted by Crippen LogP contribution is 2.37. The lowest BCUT2D eigenvalue weighted by atomic mass is 10.2. The fourth-order valence-corrected chi connectivity index (χ4v) is 2.73. The highest BCUT2D eigenvalue weighted by Gasteiger charge is 2.29. The van der Waals surface area contributed by atoms with Crippen LogP contribution in [0.5, 0.6) is 23.0 Å². The summed E-state index contributed by atoms with van der Waals surface area (Å²) in [5.74, 6) is 0.252. The lowest BCUT2D eigenvalue weighted by Gasteiger charge is -2.18. The average molecular weight is 436 g/mol. The lowest BCUT2D eigenvalue weighted by molar-refractivity contribution is -0.126. The first-order valence-corrected chi connectivity index (χ1v) is 9.05. The van der Waals surface area contributed by atoms with E-state index in [4.69, 9.17) is 30.7 Å². The van der Waals surface area contributed by atoms with E-state index >= 15 is 0 Å². The molecule has 1 atom stereocenters. The van der Waals surface area contributed by atoms with E-state index in [1.807, 2.05) is 0 Å². The summed E-state index contributed by atoms with van der Waals surface area (Å²) in [6, 6.07) is 8.18. The van der Waals surface area contributed by atoms with E-state index in [-0.39, 0.29) is 11.4 Å². The molecule has 0 N–H and O–H groups in total. The molecule has 0 aliphatic rings. The van der Waals surface area contributed by atoms with Gasteiger partial charge >= 0.3 is 0 Å². The number of hydrogen-bond donors (Lipinski definition) is 0. The van der Waals surface area contributed by atoms with E-state index in [1.165, 1.54) is 41.4 Å². The minimum Gasteiger partial charge on any atom is -0.494 e. The summed E-state index contributed by atoms with van der Waals surface area (Å²) in [6.45, 7) is 1.22. The van der Waals surface area contributed by atoms with Crippen molar-refractivity contribution in [3.63, 3.8) is 0 Å². The highest BCUT2D eigenvalue weighted by molar-refractivity contribution is 6.39. The van der Waals surface area contributed by atoms with Gasteiger partial charge in [-0.25, -0.2) is 4.42 Å². The Labute approximate surface area is 179 Å². The number of anilines is 1. The molecule has 9 nitrogen and oxygen atoms in total. The first-order chi connectivity index (χ1) is 14.4. The van der Waals surface area contributed by atoms with Crippen LogP contribution in [-0.4, -0.2) is 46.2 Å². The predicted molar refractivity (Wildman–Crippen MR) is 111 cm³/mol. The quantitative estimate of drug-likeness (QED) is 0.336. The Bertz CT molecular complexity index is 928. The number of ketones is 1. The van der Waals surface area contributed by atoms with Gasteiger partial charge < -0.3 is 18.9 Å². The van der Waals surface area contributed by atoms with Gasteiger partial charge in [-0.15, -0.1) is 5.11 Å². The van der Waals surface area contributed by atoms with Crippen molar-refractivity contribution in [2.45, 2.75) is 13.0 Å². The first-order valence-electron chi connectivity index (χ1n) is 8.72. The molecule has 0 aliphatic carbocycles. The van der Waals surface area contributed by atoms with E-state index in [0.717, 1.165) is 4.42 Å². The van der Waals surface area contributed by atoms with Crippen LogP contribution >= 0.6 is 11.8 Å². The van der Waals surface area contributed by atoms with Crippen molar-refractivity contribution in [2.75, 3.05) is 32.9 Å². The maximum absolute atomic E-state index is 12.9. The molecular weight excluding hydrogens is 414 g/mol. The number of azo groups is 1. The van der Waals surface area contributed by atoms with Gasteiger partial charge in [-0.2, -0.15) is 5.11 Å². The van der Waals surface area contributed by atoms with E-state index in [2.05, 4.69) is 10.2 Å². The Kier molecular flexibility index (Phi) is 7.99. The minimum absolute atomic E-state index is 0.244. The smallest absolute Gasteiger partial charge is 0.276 e. The zero-order chi connectivity index (χ0) is 22.3. The molecule has 0 saturated heterocycles. The predicted octanol–water partition coefficient (Wildman–Crippen LogP) is 3.95. The third kappa shape index (κ3) is 4.98. The van der Waals surface area contributed by atoms with Crippen LogP contribution in [0.1, 0.15) is 6.92 Å². The minimum atomic E-state index is -1.47. The highest BCUT2D eigenvalue weighted by atomic mass is 35.5. The van der Waals surface area contributed by atoms with E-state index < -0.39 is 17.7 Å². The molecule has 0 fully saturated rings. The third-order valence-electron chi connectivity index (χ3n) is 4.08. The molecule has 0 aromatic heterocycles. The molecular formula is C20H22ClN3O6. The molecule has 0 spiro atoms. The van der Waals surface area contributed by atoms with Gasteiger partial charge in [-0.05, 0) is 31.2 Å². The summed E-state index contributed by atoms with van der Waals surface area (Å²) < 4.78 is 21.6. The van der Waals surface area contributed by atoms with Crippen molar-refractivity contribution >= 4 is 34.8 Å². The summed E-state index contributed by atoms with van der Waals surface area (Å²) in [5, 5.41) is 7.95. The van der Waals surface area contributed by atoms with Gasteiger partial charge in [0.05, 0.1) is 34.1 Å². The Balaban J connectivity index is 2.36. The van der Waals surface area contributed by atoms with E-state index in [1.54, 1.807) is 30.3 Å². The molecule has 2 aromatic carbocycles. The zero-order valence-corrected chi connectivity index (χ0v) is 18.0. The molecule has 0 saturated carbocycles. The largest absolute Gasteiger partial charge is 0.494 e. The molecule has 2 rings (SSSR count). The zero-order valence-electron chi connectivity index (χ0n) is 17.2. The van der Waals surface area contributed by atoms with Crippen LogP contribution < -0.4 is 23.4 Å². The van der Waals surface area contributed by atoms with Crippen LogP contribution in [0.2, 0.25) is 0 Å². The van der Waals surface area contributed by atoms with Crippen LogP contribution in [0.3, 0.4) is 0 Å². The maximum atomic E-state index is 12.9. The normalized spacial score (nSPS) is 11.7. The molecule has 30 heavy (non-hydrogen) atoms. The molecule has 0 radical (unpaired) electrons. The second-order valence-corrected chi connectivity index (χ2v) is 6.24. The third-order valence-corrected chi connectivity index (χ3v) is 4.44. The molecule has 160 valence electrons. The van der Waals surface area contributed by atoms with E-state index in [9.17, 15) is 9.59 Å². The topological polar surface area (TPSA) is 99.0 Å². The van der Waals surface area contributed by atoms with Crippen LogP contribution in [0, 0.1) is 0 Å². The van der Waals surface area contributed by atoms with Crippen molar-refractivity contribution in [3.8, 4) is 23.0 Å². The van der Waals surface area contributed by atoms with Crippen LogP contribution in [0.25, 0.3) is 0 Å². The van der Waals surface area contributed by atoms with Gasteiger partial charge in [0, 0.05) is 17.8 Å². The SMILES string of the molecule is COc1ccc(N(Cl)C(=O)C(N=Nc2c(OC)cccc2OC)C(C)=O)cc1OC. The Hall–Kier alpha value is -3.33. The molecule has 10 heteroatoms. The second-order valence-electron chi connectivity index (χ2n) is 5.90. The number of nitrogens with zero attached hydrogens (tertiary/aromatic N) is 3. The van der Waals surface area contributed by atoms with Gasteiger partial charge in [0.1, 0.15) is 11.5 Å². The number of methoxy groups -OCH3 is 4. The first kappa shape index (κ1) is 23.0. The molecule has 0 bridgehead atoms. The molecule has 0 aliphatic heterocycles. The van der Waals surface area contributed by atoms with Crippen molar-refractivity contribution in [1.29, 1.82) is 0 Å². The number of hydrogen-bond acceptors (Lipinski definition) is 8. The number of rotatable bonds is 9. The fraction of sp³-hybridized carbons (Fsp3) is 0.300. The number of ether oxygens (including phenoxy) is 4. The number of Topliss-reactive ketones (excluding diaryl/α,β-unsaturated/α-hetero) is 1. The number of halogens is 1. The van der Waals surface area contributed by atoms with Gasteiger partial charge in [-0.3, -0.25) is 9.59 Å². The molecule has 1 unspecified atom stereocenters. The van der Waals surface area contributed by atoms with Crippen molar-refractivity contribution in [3.05, 3.63) is 36.4 Å². The van der Waals surface area contributed by atoms with Crippen molar-refractivity contribution in [1.82, 2.24) is 0 Å². The van der Waals surface area contributed by atoms with Crippen LogP contribution in [-0.2, 0) is 9.59 Å². The Morgan fingerprint density at radius 3 is 1.97 bits per heavy atom. The Morgan fingerprint density at radius 1 is 0.900 bits per heavy atom. The number of carbonyl (C=O) groups excluding carboxylic acids is 2. The van der Waals surface area contributed by atoms with Crippen LogP contribution in [0.15, 0.2) is 46.6 Å². The lowest BCUT2D eigenvalue weighted by Crippen LogP contribution is -2.36. The summed E-state index contributed by atoms with van der Waals surface area (Å²) in [5.41, 5.74) is 0.518. The van der Waals surface area contributed by atoms with Crippen LogP contribution in [0.4, 0.5) is 11.4 Å². The summed E-state index contributed by atoms with van der Waals surface area (Å²) in [6.07, 6.45) is 0. The monoisotopic (exact) mass is 435 g/mol. The maximum Gasteiger partial charge on any atom is 0.276 e. The number of benzene rings is 2. The number of amides is 1. The van der Waals surface area contributed by atoms with Crippen molar-refractivity contribution < 1.29 is 28.5 Å². The Morgan fingerprint density at radius 2 is 1.47 bits per heavy atom. The number of carbonyl (C=O) groups is 2. The van der Waals surface area contributed by atoms with Gasteiger partial charge in [0.2, 0.25) is 6.04 Å². The van der Waals surface area contributed by atoms with E-state index in [0.29, 0.717) is 23.0 Å². The molecule has 0 heterocycles. The van der Waals surface area contributed by atoms with Crippen molar-refractivity contribution in [2.24, 2.45) is 10.2 Å². The average Bonchev–Trinajstić information content (AvgIpc) is 2.77. The molecule has 2 aromatic rings. The van der Waals surface area contributed by atoms with Gasteiger partial charge in [0.25, 0.3) is 5.91 Å². The summed E-state index contributed by atoms with van der Waals surface area (Å²) >= 11 is 6.20. The standard InChI is InChI=1S/C20H22ClN3O6/c1-12(25)18(22-23-19-15(28-3)7-6-8-16(19)29-4)20(26)24(21)13-9-10-14(27-2)17(11-13)30-5/h6-11,18H,1-5H3. The van der Waals surface area contributed by atoms with Gasteiger partial charge in [0.15, 0.2) is 23.0 Å². The fourth-order valence-electron chi connectivity index (χ4n) is 2.53. The molecule has 1 amide bonds. The van der Waals surface area contributed by atoms with Gasteiger partial charge in [-0.1, -0.05) is 6.07 Å². The summed E-state index contributed by atoms with van der Waals surface area (Å²) in [4.78, 5) is 25.0. The summed E-state index contributed by atoms with van der Waals surface area (Å²) in [7, 11) is 5.85.